The molecule has 2 aromatic carbocycles. The highest BCUT2D eigenvalue weighted by Crippen LogP contribution is 2.40. The van der Waals surface area contributed by atoms with E-state index >= 15 is 0 Å². The maximum Gasteiger partial charge on any atom is 0.239 e. The predicted molar refractivity (Wildman–Crippen MR) is 99.5 cm³/mol. The van der Waals surface area contributed by atoms with Crippen LogP contribution in [0.25, 0.3) is 0 Å². The van der Waals surface area contributed by atoms with Crippen LogP contribution in [0.15, 0.2) is 54.6 Å². The minimum absolute atomic E-state index is 0.157. The summed E-state index contributed by atoms with van der Waals surface area (Å²) in [7, 11) is 0. The molecule has 1 aliphatic rings. The van der Waals surface area contributed by atoms with Crippen molar-refractivity contribution in [2.45, 2.75) is 26.2 Å². The van der Waals surface area contributed by atoms with Crippen LogP contribution in [0.3, 0.4) is 0 Å². The number of amides is 1. The van der Waals surface area contributed by atoms with E-state index in [4.69, 9.17) is 0 Å². The SMILES string of the molecule is CCN(CC)CCCN1C(=O)C(c2ccccc2)c2ccccc21. The van der Waals surface area contributed by atoms with Crippen molar-refractivity contribution < 1.29 is 4.79 Å². The van der Waals surface area contributed by atoms with E-state index in [1.807, 2.05) is 35.2 Å². The zero-order valence-electron chi connectivity index (χ0n) is 14.6. The van der Waals surface area contributed by atoms with Crippen LogP contribution in [0.4, 0.5) is 5.69 Å². The highest BCUT2D eigenvalue weighted by atomic mass is 16.2. The van der Waals surface area contributed by atoms with E-state index in [2.05, 4.69) is 43.0 Å². The lowest BCUT2D eigenvalue weighted by atomic mass is 9.93. The van der Waals surface area contributed by atoms with Crippen molar-refractivity contribution in [3.8, 4) is 0 Å². The fourth-order valence-corrected chi connectivity index (χ4v) is 3.58. The number of hydrogen-bond donors (Lipinski definition) is 0. The average molecular weight is 322 g/mol. The van der Waals surface area contributed by atoms with Crippen molar-refractivity contribution in [3.63, 3.8) is 0 Å². The van der Waals surface area contributed by atoms with E-state index in [1.54, 1.807) is 0 Å². The molecule has 0 aromatic heterocycles. The fourth-order valence-electron chi connectivity index (χ4n) is 3.58. The number of hydrogen-bond acceptors (Lipinski definition) is 2. The molecular formula is C21H26N2O. The Labute approximate surface area is 144 Å². The summed E-state index contributed by atoms with van der Waals surface area (Å²) in [6.07, 6.45) is 1.00. The Morgan fingerprint density at radius 3 is 2.33 bits per heavy atom. The van der Waals surface area contributed by atoms with Crippen LogP contribution < -0.4 is 4.90 Å². The summed E-state index contributed by atoms with van der Waals surface area (Å²) in [4.78, 5) is 17.5. The number of fused-ring (bicyclic) bond motifs is 1. The second-order valence-corrected chi connectivity index (χ2v) is 6.27. The molecule has 0 radical (unpaired) electrons. The quantitative estimate of drug-likeness (QED) is 0.772. The van der Waals surface area contributed by atoms with Crippen LogP contribution in [-0.2, 0) is 4.79 Å². The van der Waals surface area contributed by atoms with E-state index in [0.717, 1.165) is 49.4 Å². The Kier molecular flexibility index (Phi) is 5.31. The van der Waals surface area contributed by atoms with Gasteiger partial charge in [0.25, 0.3) is 0 Å². The van der Waals surface area contributed by atoms with Gasteiger partial charge in [-0.3, -0.25) is 4.79 Å². The van der Waals surface area contributed by atoms with Gasteiger partial charge in [-0.2, -0.15) is 0 Å². The van der Waals surface area contributed by atoms with Gasteiger partial charge in [-0.05, 0) is 43.2 Å². The third-order valence-corrected chi connectivity index (χ3v) is 4.93. The molecule has 1 amide bonds. The molecule has 126 valence electrons. The molecule has 0 saturated heterocycles. The molecule has 1 aliphatic heterocycles. The Bertz CT molecular complexity index is 679. The summed E-state index contributed by atoms with van der Waals surface area (Å²) in [6.45, 7) is 8.32. The number of rotatable bonds is 7. The van der Waals surface area contributed by atoms with Gasteiger partial charge in [-0.15, -0.1) is 0 Å². The van der Waals surface area contributed by atoms with E-state index in [0.29, 0.717) is 0 Å². The number of carbonyl (C=O) groups is 1. The molecule has 3 nitrogen and oxygen atoms in total. The van der Waals surface area contributed by atoms with Crippen LogP contribution in [0.5, 0.6) is 0 Å². The normalized spacial score (nSPS) is 16.7. The molecule has 0 N–H and O–H groups in total. The van der Waals surface area contributed by atoms with Gasteiger partial charge < -0.3 is 9.80 Å². The van der Waals surface area contributed by atoms with Crippen molar-refractivity contribution in [1.82, 2.24) is 4.90 Å². The van der Waals surface area contributed by atoms with Gasteiger partial charge in [0.2, 0.25) is 5.91 Å². The largest absolute Gasteiger partial charge is 0.311 e. The van der Waals surface area contributed by atoms with Crippen LogP contribution in [0.1, 0.15) is 37.3 Å². The number of nitrogens with zero attached hydrogens (tertiary/aromatic N) is 2. The summed E-state index contributed by atoms with van der Waals surface area (Å²) in [5.74, 6) is 0.0535. The molecule has 3 heteroatoms. The number of carbonyl (C=O) groups excluding carboxylic acids is 1. The topological polar surface area (TPSA) is 23.6 Å². The standard InChI is InChI=1S/C21H26N2O/c1-3-22(4-2)15-10-16-23-19-14-9-8-13-18(19)20(21(23)24)17-11-6-5-7-12-17/h5-9,11-14,20H,3-4,10,15-16H2,1-2H3. The highest BCUT2D eigenvalue weighted by Gasteiger charge is 2.37. The molecule has 24 heavy (non-hydrogen) atoms. The predicted octanol–water partition coefficient (Wildman–Crippen LogP) is 3.90. The minimum atomic E-state index is -0.157. The van der Waals surface area contributed by atoms with Crippen LogP contribution >= 0.6 is 0 Å². The number of para-hydroxylation sites is 1. The smallest absolute Gasteiger partial charge is 0.239 e. The molecule has 0 spiro atoms. The van der Waals surface area contributed by atoms with Gasteiger partial charge in [0.15, 0.2) is 0 Å². The lowest BCUT2D eigenvalue weighted by Crippen LogP contribution is -2.33. The Hall–Kier alpha value is -2.13. The molecule has 0 fully saturated rings. The molecule has 1 heterocycles. The molecule has 1 atom stereocenters. The lowest BCUT2D eigenvalue weighted by Gasteiger charge is -2.22. The zero-order valence-corrected chi connectivity index (χ0v) is 14.6. The molecule has 2 aromatic rings. The van der Waals surface area contributed by atoms with Crippen molar-refractivity contribution in [2.75, 3.05) is 31.1 Å². The van der Waals surface area contributed by atoms with Gasteiger partial charge in [0.1, 0.15) is 0 Å². The highest BCUT2D eigenvalue weighted by molar-refractivity contribution is 6.06. The van der Waals surface area contributed by atoms with Gasteiger partial charge in [-0.25, -0.2) is 0 Å². The molecule has 0 bridgehead atoms. The maximum absolute atomic E-state index is 13.1. The molecule has 0 aliphatic carbocycles. The Morgan fingerprint density at radius 2 is 1.62 bits per heavy atom. The summed E-state index contributed by atoms with van der Waals surface area (Å²) in [6, 6.07) is 18.3. The molecule has 3 rings (SSSR count). The van der Waals surface area contributed by atoms with Gasteiger partial charge in [0.05, 0.1) is 5.92 Å². The maximum atomic E-state index is 13.1. The van der Waals surface area contributed by atoms with E-state index in [9.17, 15) is 4.79 Å². The van der Waals surface area contributed by atoms with E-state index < -0.39 is 0 Å². The van der Waals surface area contributed by atoms with Gasteiger partial charge in [-0.1, -0.05) is 62.4 Å². The Morgan fingerprint density at radius 1 is 0.958 bits per heavy atom. The second-order valence-electron chi connectivity index (χ2n) is 6.27. The van der Waals surface area contributed by atoms with E-state index in [1.165, 1.54) is 0 Å². The first-order valence-electron chi connectivity index (χ1n) is 8.93. The molecule has 1 unspecified atom stereocenters. The Balaban J connectivity index is 1.80. The summed E-state index contributed by atoms with van der Waals surface area (Å²) >= 11 is 0. The van der Waals surface area contributed by atoms with Crippen LogP contribution in [-0.4, -0.2) is 37.0 Å². The number of benzene rings is 2. The fraction of sp³-hybridized carbons (Fsp3) is 0.381. The summed E-state index contributed by atoms with van der Waals surface area (Å²) in [5, 5.41) is 0. The van der Waals surface area contributed by atoms with Crippen LogP contribution in [0, 0.1) is 0 Å². The van der Waals surface area contributed by atoms with Crippen LogP contribution in [0.2, 0.25) is 0 Å². The van der Waals surface area contributed by atoms with Gasteiger partial charge in [0, 0.05) is 12.2 Å². The first-order valence-corrected chi connectivity index (χ1v) is 8.93. The molecule has 0 saturated carbocycles. The first-order chi connectivity index (χ1) is 11.8. The second kappa shape index (κ2) is 7.63. The lowest BCUT2D eigenvalue weighted by molar-refractivity contribution is -0.118. The van der Waals surface area contributed by atoms with Crippen molar-refractivity contribution in [1.29, 1.82) is 0 Å². The van der Waals surface area contributed by atoms with Gasteiger partial charge >= 0.3 is 0 Å². The third-order valence-electron chi connectivity index (χ3n) is 4.93. The summed E-state index contributed by atoms with van der Waals surface area (Å²) < 4.78 is 0. The first kappa shape index (κ1) is 16.7. The monoisotopic (exact) mass is 322 g/mol. The molecular weight excluding hydrogens is 296 g/mol. The minimum Gasteiger partial charge on any atom is -0.311 e. The zero-order chi connectivity index (χ0) is 16.9. The van der Waals surface area contributed by atoms with Crippen molar-refractivity contribution in [2.24, 2.45) is 0 Å². The van der Waals surface area contributed by atoms with E-state index in [-0.39, 0.29) is 11.8 Å². The average Bonchev–Trinajstić information content (AvgIpc) is 2.91. The van der Waals surface area contributed by atoms with Crippen molar-refractivity contribution in [3.05, 3.63) is 65.7 Å². The third kappa shape index (κ3) is 3.22. The summed E-state index contributed by atoms with van der Waals surface area (Å²) in [5.41, 5.74) is 3.30. The van der Waals surface area contributed by atoms with Crippen molar-refractivity contribution >= 4 is 11.6 Å². The number of anilines is 1.